The second-order valence-electron chi connectivity index (χ2n) is 6.61. The fourth-order valence-electron chi connectivity index (χ4n) is 3.00. The third-order valence-corrected chi connectivity index (χ3v) is 4.63. The topological polar surface area (TPSA) is 112 Å². The lowest BCUT2D eigenvalue weighted by molar-refractivity contribution is -0.149. The Bertz CT molecular complexity index is 949. The molecule has 0 unspecified atom stereocenters. The lowest BCUT2D eigenvalue weighted by atomic mass is 10.0. The first kappa shape index (κ1) is 20.7. The molecular formula is C19H18ClFN4O4. The first-order valence-electron chi connectivity index (χ1n) is 8.70. The largest absolute Gasteiger partial charge is 0.372 e. The third-order valence-electron chi connectivity index (χ3n) is 4.41. The number of hydrogen-bond acceptors (Lipinski definition) is 5. The van der Waals surface area contributed by atoms with Crippen LogP contribution in [0.1, 0.15) is 18.9 Å². The number of nitrogens with zero attached hydrogens (tertiary/aromatic N) is 2. The zero-order valence-electron chi connectivity index (χ0n) is 15.4. The molecular weight excluding hydrogens is 403 g/mol. The molecule has 0 aliphatic carbocycles. The SMILES string of the molecule is CC(=O)Nc1ccc(N2CC[C@@](O)(C(=O)NCc3cc(F)cc(Cl)c3)C2=O)cn1. The van der Waals surface area contributed by atoms with Gasteiger partial charge in [0, 0.05) is 31.5 Å². The van der Waals surface area contributed by atoms with Crippen molar-refractivity contribution in [2.75, 3.05) is 16.8 Å². The van der Waals surface area contributed by atoms with Crippen molar-refractivity contribution in [3.63, 3.8) is 0 Å². The van der Waals surface area contributed by atoms with Crippen LogP contribution >= 0.6 is 11.6 Å². The van der Waals surface area contributed by atoms with Gasteiger partial charge in [0.2, 0.25) is 11.5 Å². The normalized spacial score (nSPS) is 18.6. The van der Waals surface area contributed by atoms with E-state index in [9.17, 15) is 23.9 Å². The molecule has 0 bridgehead atoms. The third kappa shape index (κ3) is 4.52. The van der Waals surface area contributed by atoms with E-state index in [1.807, 2.05) is 0 Å². The average Bonchev–Trinajstić information content (AvgIpc) is 2.95. The predicted molar refractivity (Wildman–Crippen MR) is 104 cm³/mol. The van der Waals surface area contributed by atoms with Gasteiger partial charge in [-0.15, -0.1) is 0 Å². The minimum Gasteiger partial charge on any atom is -0.372 e. The van der Waals surface area contributed by atoms with E-state index >= 15 is 0 Å². The first-order chi connectivity index (χ1) is 13.7. The van der Waals surface area contributed by atoms with Gasteiger partial charge < -0.3 is 20.6 Å². The molecule has 1 aliphatic rings. The highest BCUT2D eigenvalue weighted by atomic mass is 35.5. The molecule has 1 aromatic heterocycles. The van der Waals surface area contributed by atoms with Gasteiger partial charge in [-0.3, -0.25) is 14.4 Å². The highest BCUT2D eigenvalue weighted by molar-refractivity contribution is 6.30. The van der Waals surface area contributed by atoms with Crippen molar-refractivity contribution in [1.29, 1.82) is 0 Å². The van der Waals surface area contributed by atoms with Crippen LogP contribution in [0.3, 0.4) is 0 Å². The molecule has 3 rings (SSSR count). The molecule has 8 nitrogen and oxygen atoms in total. The smallest absolute Gasteiger partial charge is 0.268 e. The Morgan fingerprint density at radius 3 is 2.72 bits per heavy atom. The second-order valence-corrected chi connectivity index (χ2v) is 7.05. The van der Waals surface area contributed by atoms with Crippen molar-refractivity contribution in [2.45, 2.75) is 25.5 Å². The minimum atomic E-state index is -2.24. The Kier molecular flexibility index (Phi) is 5.81. The molecule has 3 N–H and O–H groups in total. The molecule has 152 valence electrons. The van der Waals surface area contributed by atoms with E-state index in [-0.39, 0.29) is 30.4 Å². The van der Waals surface area contributed by atoms with E-state index in [1.165, 1.54) is 36.2 Å². The van der Waals surface area contributed by atoms with Crippen molar-refractivity contribution in [3.05, 3.63) is 52.9 Å². The van der Waals surface area contributed by atoms with Gasteiger partial charge in [0.15, 0.2) is 0 Å². The fraction of sp³-hybridized carbons (Fsp3) is 0.263. The van der Waals surface area contributed by atoms with E-state index in [2.05, 4.69) is 15.6 Å². The number of halogens is 2. The average molecular weight is 421 g/mol. The highest BCUT2D eigenvalue weighted by Gasteiger charge is 2.51. The Morgan fingerprint density at radius 1 is 1.34 bits per heavy atom. The molecule has 1 aliphatic heterocycles. The van der Waals surface area contributed by atoms with E-state index in [4.69, 9.17) is 11.6 Å². The first-order valence-corrected chi connectivity index (χ1v) is 9.08. The molecule has 1 atom stereocenters. The van der Waals surface area contributed by atoms with Gasteiger partial charge in [-0.2, -0.15) is 0 Å². The highest BCUT2D eigenvalue weighted by Crippen LogP contribution is 2.29. The summed E-state index contributed by atoms with van der Waals surface area (Å²) >= 11 is 5.78. The Balaban J connectivity index is 1.68. The van der Waals surface area contributed by atoms with Crippen LogP contribution in [-0.4, -0.2) is 40.0 Å². The van der Waals surface area contributed by atoms with Crippen LogP contribution in [0.2, 0.25) is 5.02 Å². The number of aromatic nitrogens is 1. The van der Waals surface area contributed by atoms with Crippen molar-refractivity contribution in [2.24, 2.45) is 0 Å². The van der Waals surface area contributed by atoms with E-state index < -0.39 is 23.2 Å². The lowest BCUT2D eigenvalue weighted by Gasteiger charge is -2.21. The van der Waals surface area contributed by atoms with Gasteiger partial charge in [-0.1, -0.05) is 11.6 Å². The number of carbonyl (C=O) groups excluding carboxylic acids is 3. The molecule has 0 spiro atoms. The van der Waals surface area contributed by atoms with Gasteiger partial charge in [0.25, 0.3) is 11.8 Å². The molecule has 3 amide bonds. The standard InChI is InChI=1S/C19H18ClFN4O4/c1-11(26)24-16-3-2-15(10-22-16)25-5-4-19(29,18(25)28)17(27)23-9-12-6-13(20)8-14(21)7-12/h2-3,6-8,10,29H,4-5,9H2,1H3,(H,23,27)(H,22,24,26)/t19-/m1/s1. The van der Waals surface area contributed by atoms with Crippen LogP contribution < -0.4 is 15.5 Å². The van der Waals surface area contributed by atoms with Crippen LogP contribution in [0.5, 0.6) is 0 Å². The fourth-order valence-corrected chi connectivity index (χ4v) is 3.25. The number of amides is 3. The summed E-state index contributed by atoms with van der Waals surface area (Å²) < 4.78 is 13.4. The molecule has 0 saturated carbocycles. The Morgan fingerprint density at radius 2 is 2.10 bits per heavy atom. The summed E-state index contributed by atoms with van der Waals surface area (Å²) in [5, 5.41) is 15.8. The molecule has 2 aromatic rings. The van der Waals surface area contributed by atoms with E-state index in [0.29, 0.717) is 17.1 Å². The maximum atomic E-state index is 13.4. The molecule has 1 aromatic carbocycles. The lowest BCUT2D eigenvalue weighted by Crippen LogP contribution is -2.52. The number of hydrogen-bond donors (Lipinski definition) is 3. The summed E-state index contributed by atoms with van der Waals surface area (Å²) in [7, 11) is 0. The minimum absolute atomic E-state index is 0.0983. The van der Waals surface area contributed by atoms with Crippen LogP contribution in [0.4, 0.5) is 15.9 Å². The summed E-state index contributed by atoms with van der Waals surface area (Å²) in [5.74, 6) is -2.20. The maximum absolute atomic E-state index is 13.4. The van der Waals surface area contributed by atoms with Crippen LogP contribution in [0, 0.1) is 5.82 Å². The summed E-state index contributed by atoms with van der Waals surface area (Å²) in [6.07, 6.45) is 1.25. The van der Waals surface area contributed by atoms with Crippen LogP contribution in [0.15, 0.2) is 36.5 Å². The number of nitrogens with one attached hydrogen (secondary N) is 2. The molecule has 1 fully saturated rings. The van der Waals surface area contributed by atoms with Crippen LogP contribution in [-0.2, 0) is 20.9 Å². The second kappa shape index (κ2) is 8.14. The predicted octanol–water partition coefficient (Wildman–Crippen LogP) is 1.62. The van der Waals surface area contributed by atoms with Crippen molar-refractivity contribution >= 4 is 40.8 Å². The quantitative estimate of drug-likeness (QED) is 0.636. The van der Waals surface area contributed by atoms with Crippen LogP contribution in [0.25, 0.3) is 0 Å². The zero-order valence-corrected chi connectivity index (χ0v) is 16.2. The van der Waals surface area contributed by atoms with Gasteiger partial charge in [0.05, 0.1) is 11.9 Å². The monoisotopic (exact) mass is 420 g/mol. The number of carbonyl (C=O) groups is 3. The van der Waals surface area contributed by atoms with Gasteiger partial charge in [0.1, 0.15) is 11.6 Å². The molecule has 29 heavy (non-hydrogen) atoms. The number of aliphatic hydroxyl groups is 1. The number of pyridine rings is 1. The van der Waals surface area contributed by atoms with E-state index in [1.54, 1.807) is 6.07 Å². The molecule has 0 radical (unpaired) electrons. The number of rotatable bonds is 5. The van der Waals surface area contributed by atoms with Gasteiger partial charge in [-0.25, -0.2) is 9.37 Å². The summed E-state index contributed by atoms with van der Waals surface area (Å²) in [6, 6.07) is 6.86. The summed E-state index contributed by atoms with van der Waals surface area (Å²) in [5.41, 5.74) is -1.47. The Labute approximate surface area is 170 Å². The molecule has 1 saturated heterocycles. The van der Waals surface area contributed by atoms with Gasteiger partial charge >= 0.3 is 0 Å². The maximum Gasteiger partial charge on any atom is 0.268 e. The number of anilines is 2. The van der Waals surface area contributed by atoms with Crippen molar-refractivity contribution < 1.29 is 23.9 Å². The van der Waals surface area contributed by atoms with Crippen molar-refractivity contribution in [3.8, 4) is 0 Å². The van der Waals surface area contributed by atoms with Gasteiger partial charge in [-0.05, 0) is 35.9 Å². The van der Waals surface area contributed by atoms with E-state index in [0.717, 1.165) is 6.07 Å². The zero-order chi connectivity index (χ0) is 21.2. The molecule has 10 heteroatoms. The summed E-state index contributed by atoms with van der Waals surface area (Å²) in [6.45, 7) is 1.35. The molecule has 2 heterocycles. The number of benzene rings is 1. The Hall–Kier alpha value is -3.04. The van der Waals surface area contributed by atoms with Crippen molar-refractivity contribution in [1.82, 2.24) is 10.3 Å². The summed E-state index contributed by atoms with van der Waals surface area (Å²) in [4.78, 5) is 41.5.